The molecule has 1 N–H and O–H groups in total. The summed E-state index contributed by atoms with van der Waals surface area (Å²) in [5, 5.41) is 3.50. The first-order valence-corrected chi connectivity index (χ1v) is 6.11. The molecule has 0 aliphatic heterocycles. The molecule has 1 atom stereocenters. The smallest absolute Gasteiger partial charge is 0.142 e. The zero-order chi connectivity index (χ0) is 12.0. The molecule has 0 fully saturated rings. The lowest BCUT2D eigenvalue weighted by Gasteiger charge is -2.19. The largest absolute Gasteiger partial charge is 0.492 e. The van der Waals surface area contributed by atoms with Crippen LogP contribution in [0.2, 0.25) is 0 Å². The molecule has 1 aromatic rings. The third-order valence-corrected chi connectivity index (χ3v) is 2.41. The van der Waals surface area contributed by atoms with Crippen LogP contribution in [-0.4, -0.2) is 12.6 Å². The SMILES string of the molecule is CCOc1ccccc1NC(C)CC(C)C. The Morgan fingerprint density at radius 3 is 2.50 bits per heavy atom. The highest BCUT2D eigenvalue weighted by Crippen LogP contribution is 2.25. The minimum absolute atomic E-state index is 0.474. The first-order valence-electron chi connectivity index (χ1n) is 6.11. The Morgan fingerprint density at radius 1 is 1.19 bits per heavy atom. The van der Waals surface area contributed by atoms with Crippen LogP contribution in [0.3, 0.4) is 0 Å². The second-order valence-electron chi connectivity index (χ2n) is 4.60. The van der Waals surface area contributed by atoms with Gasteiger partial charge in [-0.3, -0.25) is 0 Å². The lowest BCUT2D eigenvalue weighted by Crippen LogP contribution is -2.18. The maximum atomic E-state index is 5.58. The van der Waals surface area contributed by atoms with Gasteiger partial charge in [0.2, 0.25) is 0 Å². The Hall–Kier alpha value is -1.18. The standard InChI is InChI=1S/C14H23NO/c1-5-16-14-9-7-6-8-13(14)15-12(4)10-11(2)3/h6-9,11-12,15H,5,10H2,1-4H3. The number of hydrogen-bond donors (Lipinski definition) is 1. The zero-order valence-electron chi connectivity index (χ0n) is 10.8. The van der Waals surface area contributed by atoms with E-state index in [2.05, 4.69) is 32.2 Å². The molecular weight excluding hydrogens is 198 g/mol. The molecule has 0 spiro atoms. The second-order valence-corrected chi connectivity index (χ2v) is 4.60. The predicted octanol–water partition coefficient (Wildman–Crippen LogP) is 3.93. The van der Waals surface area contributed by atoms with Crippen LogP contribution < -0.4 is 10.1 Å². The summed E-state index contributed by atoms with van der Waals surface area (Å²) >= 11 is 0. The molecule has 90 valence electrons. The van der Waals surface area contributed by atoms with Crippen LogP contribution in [0.4, 0.5) is 5.69 Å². The number of benzene rings is 1. The average molecular weight is 221 g/mol. The highest BCUT2D eigenvalue weighted by Gasteiger charge is 2.07. The molecule has 16 heavy (non-hydrogen) atoms. The normalized spacial score (nSPS) is 12.6. The van der Waals surface area contributed by atoms with E-state index in [4.69, 9.17) is 4.74 Å². The fraction of sp³-hybridized carbons (Fsp3) is 0.571. The van der Waals surface area contributed by atoms with Crippen LogP contribution in [0.1, 0.15) is 34.1 Å². The summed E-state index contributed by atoms with van der Waals surface area (Å²) in [5.41, 5.74) is 1.09. The summed E-state index contributed by atoms with van der Waals surface area (Å²) in [6, 6.07) is 8.59. The molecule has 0 aliphatic rings. The van der Waals surface area contributed by atoms with E-state index in [1.165, 1.54) is 6.42 Å². The van der Waals surface area contributed by atoms with Gasteiger partial charge in [0, 0.05) is 6.04 Å². The molecular formula is C14H23NO. The van der Waals surface area contributed by atoms with Crippen molar-refractivity contribution in [1.29, 1.82) is 0 Å². The van der Waals surface area contributed by atoms with Crippen molar-refractivity contribution >= 4 is 5.69 Å². The van der Waals surface area contributed by atoms with Gasteiger partial charge < -0.3 is 10.1 Å². The van der Waals surface area contributed by atoms with Crippen molar-refractivity contribution in [2.45, 2.75) is 40.2 Å². The molecule has 2 nitrogen and oxygen atoms in total. The Kier molecular flexibility index (Phi) is 5.17. The summed E-state index contributed by atoms with van der Waals surface area (Å²) < 4.78 is 5.58. The molecule has 0 bridgehead atoms. The van der Waals surface area contributed by atoms with Crippen LogP contribution in [0, 0.1) is 5.92 Å². The van der Waals surface area contributed by atoms with Gasteiger partial charge in [0.15, 0.2) is 0 Å². The van der Waals surface area contributed by atoms with Crippen molar-refractivity contribution in [3.63, 3.8) is 0 Å². The van der Waals surface area contributed by atoms with Crippen molar-refractivity contribution in [2.75, 3.05) is 11.9 Å². The highest BCUT2D eigenvalue weighted by atomic mass is 16.5. The molecule has 0 amide bonds. The first-order chi connectivity index (χ1) is 7.63. The van der Waals surface area contributed by atoms with E-state index in [0.29, 0.717) is 18.6 Å². The summed E-state index contributed by atoms with van der Waals surface area (Å²) in [5.74, 6) is 1.65. The van der Waals surface area contributed by atoms with Crippen molar-refractivity contribution in [3.8, 4) is 5.75 Å². The Balaban J connectivity index is 2.64. The summed E-state index contributed by atoms with van der Waals surface area (Å²) in [6.45, 7) is 9.41. The van der Waals surface area contributed by atoms with E-state index in [1.807, 2.05) is 25.1 Å². The summed E-state index contributed by atoms with van der Waals surface area (Å²) in [6.07, 6.45) is 1.17. The van der Waals surface area contributed by atoms with Gasteiger partial charge in [0.05, 0.1) is 12.3 Å². The van der Waals surface area contributed by atoms with E-state index in [0.717, 1.165) is 11.4 Å². The number of nitrogens with one attached hydrogen (secondary N) is 1. The molecule has 0 aromatic heterocycles. The van der Waals surface area contributed by atoms with Crippen molar-refractivity contribution in [3.05, 3.63) is 24.3 Å². The van der Waals surface area contributed by atoms with Crippen molar-refractivity contribution in [1.82, 2.24) is 0 Å². The minimum atomic E-state index is 0.474. The molecule has 1 unspecified atom stereocenters. The molecule has 1 rings (SSSR count). The van der Waals surface area contributed by atoms with Gasteiger partial charge in [-0.2, -0.15) is 0 Å². The first kappa shape index (κ1) is 12.9. The van der Waals surface area contributed by atoms with Gasteiger partial charge >= 0.3 is 0 Å². The number of hydrogen-bond acceptors (Lipinski definition) is 2. The number of para-hydroxylation sites is 2. The van der Waals surface area contributed by atoms with Gasteiger partial charge in [0.25, 0.3) is 0 Å². The zero-order valence-corrected chi connectivity index (χ0v) is 10.8. The van der Waals surface area contributed by atoms with Gasteiger partial charge in [-0.15, -0.1) is 0 Å². The predicted molar refractivity (Wildman–Crippen MR) is 70.2 cm³/mol. The van der Waals surface area contributed by atoms with Crippen LogP contribution in [0.5, 0.6) is 5.75 Å². The Bertz CT molecular complexity index is 309. The molecule has 0 saturated carbocycles. The van der Waals surface area contributed by atoms with Crippen LogP contribution in [0.25, 0.3) is 0 Å². The van der Waals surface area contributed by atoms with Gasteiger partial charge in [-0.1, -0.05) is 26.0 Å². The topological polar surface area (TPSA) is 21.3 Å². The van der Waals surface area contributed by atoms with E-state index >= 15 is 0 Å². The van der Waals surface area contributed by atoms with E-state index in [9.17, 15) is 0 Å². The number of ether oxygens (including phenoxy) is 1. The van der Waals surface area contributed by atoms with E-state index < -0.39 is 0 Å². The lowest BCUT2D eigenvalue weighted by molar-refractivity contribution is 0.341. The summed E-state index contributed by atoms with van der Waals surface area (Å²) in [4.78, 5) is 0. The third-order valence-electron chi connectivity index (χ3n) is 2.41. The molecule has 0 aliphatic carbocycles. The van der Waals surface area contributed by atoms with E-state index in [-0.39, 0.29) is 0 Å². The average Bonchev–Trinajstić information content (AvgIpc) is 2.20. The molecule has 2 heteroatoms. The number of anilines is 1. The molecule has 0 radical (unpaired) electrons. The maximum absolute atomic E-state index is 5.58. The fourth-order valence-electron chi connectivity index (χ4n) is 1.90. The van der Waals surface area contributed by atoms with Gasteiger partial charge in [-0.25, -0.2) is 0 Å². The fourth-order valence-corrected chi connectivity index (χ4v) is 1.90. The van der Waals surface area contributed by atoms with Crippen LogP contribution >= 0.6 is 0 Å². The second kappa shape index (κ2) is 6.41. The summed E-state index contributed by atoms with van der Waals surface area (Å²) in [7, 11) is 0. The molecule has 0 heterocycles. The van der Waals surface area contributed by atoms with Gasteiger partial charge in [-0.05, 0) is 38.3 Å². The van der Waals surface area contributed by atoms with E-state index in [1.54, 1.807) is 0 Å². The molecule has 0 saturated heterocycles. The maximum Gasteiger partial charge on any atom is 0.142 e. The quantitative estimate of drug-likeness (QED) is 0.785. The number of rotatable bonds is 6. The Labute approximate surface area is 99.0 Å². The van der Waals surface area contributed by atoms with Crippen LogP contribution in [-0.2, 0) is 0 Å². The molecule has 1 aromatic carbocycles. The third kappa shape index (κ3) is 4.13. The highest BCUT2D eigenvalue weighted by molar-refractivity contribution is 5.56. The van der Waals surface area contributed by atoms with Crippen LogP contribution in [0.15, 0.2) is 24.3 Å². The van der Waals surface area contributed by atoms with Gasteiger partial charge in [0.1, 0.15) is 5.75 Å². The lowest BCUT2D eigenvalue weighted by atomic mass is 10.1. The van der Waals surface area contributed by atoms with Crippen molar-refractivity contribution < 1.29 is 4.74 Å². The minimum Gasteiger partial charge on any atom is -0.492 e. The monoisotopic (exact) mass is 221 g/mol. The van der Waals surface area contributed by atoms with Crippen molar-refractivity contribution in [2.24, 2.45) is 5.92 Å². The Morgan fingerprint density at radius 2 is 1.88 bits per heavy atom.